The fourth-order valence-electron chi connectivity index (χ4n) is 2.92. The Morgan fingerprint density at radius 2 is 1.63 bits per heavy atom. The zero-order valence-corrected chi connectivity index (χ0v) is 13.3. The van der Waals surface area contributed by atoms with E-state index < -0.39 is 0 Å². The number of benzene rings is 1. The summed E-state index contributed by atoms with van der Waals surface area (Å²) in [6.07, 6.45) is 1.26. The Bertz CT molecular complexity index is 421. The van der Waals surface area contributed by atoms with E-state index in [1.54, 1.807) is 0 Å². The van der Waals surface area contributed by atoms with Gasteiger partial charge in [-0.3, -0.25) is 0 Å². The molecule has 1 aromatic rings. The van der Waals surface area contributed by atoms with Crippen molar-refractivity contribution < 1.29 is 4.74 Å². The Morgan fingerprint density at radius 1 is 1.11 bits per heavy atom. The summed E-state index contributed by atoms with van der Waals surface area (Å²) in [5.74, 6) is 1.89. The van der Waals surface area contributed by atoms with Gasteiger partial charge >= 0.3 is 0 Å². The van der Waals surface area contributed by atoms with Crippen molar-refractivity contribution in [2.75, 3.05) is 13.7 Å². The molecule has 2 atom stereocenters. The third-order valence-electron chi connectivity index (χ3n) is 4.75. The van der Waals surface area contributed by atoms with Crippen molar-refractivity contribution in [2.45, 2.75) is 58.3 Å². The van der Waals surface area contributed by atoms with Crippen LogP contribution in [-0.4, -0.2) is 13.7 Å². The van der Waals surface area contributed by atoms with Gasteiger partial charge in [-0.25, -0.2) is 0 Å². The molecule has 0 bridgehead atoms. The topological polar surface area (TPSA) is 9.23 Å². The molecule has 106 valence electrons. The molecule has 19 heavy (non-hydrogen) atoms. The third kappa shape index (κ3) is 2.86. The van der Waals surface area contributed by atoms with Gasteiger partial charge in [-0.1, -0.05) is 52.8 Å². The summed E-state index contributed by atoms with van der Waals surface area (Å²) in [6.45, 7) is 12.4. The van der Waals surface area contributed by atoms with E-state index in [-0.39, 0.29) is 0 Å². The SMILES string of the molecule is COCC1C[C@]1(C)c1cc(C(C)C)cc(C(C)C)c1. The van der Waals surface area contributed by atoms with Crippen LogP contribution in [0.5, 0.6) is 0 Å². The van der Waals surface area contributed by atoms with Gasteiger partial charge in [-0.05, 0) is 46.3 Å². The maximum atomic E-state index is 5.34. The average Bonchev–Trinajstić information content (AvgIpc) is 3.01. The molecule has 0 heterocycles. The molecule has 0 spiro atoms. The van der Waals surface area contributed by atoms with Gasteiger partial charge in [0.05, 0.1) is 0 Å². The summed E-state index contributed by atoms with van der Waals surface area (Å²) in [5.41, 5.74) is 4.81. The quantitative estimate of drug-likeness (QED) is 0.735. The first-order valence-corrected chi connectivity index (χ1v) is 7.52. The third-order valence-corrected chi connectivity index (χ3v) is 4.75. The van der Waals surface area contributed by atoms with Crippen LogP contribution in [0.25, 0.3) is 0 Å². The Morgan fingerprint density at radius 3 is 2.05 bits per heavy atom. The number of hydrogen-bond acceptors (Lipinski definition) is 1. The largest absolute Gasteiger partial charge is 0.384 e. The minimum Gasteiger partial charge on any atom is -0.384 e. The number of methoxy groups -OCH3 is 1. The van der Waals surface area contributed by atoms with Crippen LogP contribution in [0.4, 0.5) is 0 Å². The molecule has 0 amide bonds. The first kappa shape index (κ1) is 14.6. The molecule has 1 aromatic carbocycles. The Kier molecular flexibility index (Phi) is 4.06. The number of ether oxygens (including phenoxy) is 1. The van der Waals surface area contributed by atoms with Crippen LogP contribution < -0.4 is 0 Å². The lowest BCUT2D eigenvalue weighted by atomic mass is 9.87. The van der Waals surface area contributed by atoms with Crippen molar-refractivity contribution in [3.8, 4) is 0 Å². The fourth-order valence-corrected chi connectivity index (χ4v) is 2.92. The molecule has 1 aliphatic carbocycles. The second-order valence-corrected chi connectivity index (χ2v) is 6.97. The highest BCUT2D eigenvalue weighted by atomic mass is 16.5. The first-order chi connectivity index (χ1) is 8.88. The summed E-state index contributed by atoms with van der Waals surface area (Å²) < 4.78 is 5.34. The van der Waals surface area contributed by atoms with E-state index in [4.69, 9.17) is 4.74 Å². The molecule has 0 saturated heterocycles. The highest BCUT2D eigenvalue weighted by molar-refractivity contribution is 5.41. The second kappa shape index (κ2) is 5.28. The maximum Gasteiger partial charge on any atom is 0.0499 e. The summed E-state index contributed by atoms with van der Waals surface area (Å²) in [5, 5.41) is 0. The Balaban J connectivity index is 2.35. The second-order valence-electron chi connectivity index (χ2n) is 6.97. The lowest BCUT2D eigenvalue weighted by Gasteiger charge is -2.19. The summed E-state index contributed by atoms with van der Waals surface area (Å²) in [4.78, 5) is 0. The Hall–Kier alpha value is -0.820. The zero-order chi connectivity index (χ0) is 14.2. The van der Waals surface area contributed by atoms with Gasteiger partial charge in [0, 0.05) is 13.7 Å². The van der Waals surface area contributed by atoms with Gasteiger partial charge < -0.3 is 4.74 Å². The summed E-state index contributed by atoms with van der Waals surface area (Å²) in [6, 6.07) is 7.23. The molecule has 1 heteroatoms. The molecule has 0 aromatic heterocycles. The summed E-state index contributed by atoms with van der Waals surface area (Å²) >= 11 is 0. The highest BCUT2D eigenvalue weighted by Gasteiger charge is 2.51. The molecule has 0 aliphatic heterocycles. The van der Waals surface area contributed by atoms with Gasteiger partial charge in [0.25, 0.3) is 0 Å². The molecule has 0 N–H and O–H groups in total. The minimum absolute atomic E-state index is 0.338. The van der Waals surface area contributed by atoms with Crippen molar-refractivity contribution in [2.24, 2.45) is 5.92 Å². The molecule has 1 aliphatic rings. The van der Waals surface area contributed by atoms with E-state index in [1.165, 1.54) is 23.1 Å². The fraction of sp³-hybridized carbons (Fsp3) is 0.667. The molecule has 1 saturated carbocycles. The van der Waals surface area contributed by atoms with E-state index in [0.717, 1.165) is 6.61 Å². The molecular weight excluding hydrogens is 232 g/mol. The van der Waals surface area contributed by atoms with Crippen LogP contribution in [0.1, 0.15) is 69.6 Å². The van der Waals surface area contributed by atoms with Crippen LogP contribution in [0.3, 0.4) is 0 Å². The molecule has 1 fully saturated rings. The van der Waals surface area contributed by atoms with Crippen LogP contribution in [-0.2, 0) is 10.2 Å². The normalized spacial score (nSPS) is 26.2. The van der Waals surface area contributed by atoms with Crippen LogP contribution in [0.2, 0.25) is 0 Å². The van der Waals surface area contributed by atoms with E-state index in [0.29, 0.717) is 23.2 Å². The standard InChI is InChI=1S/C18H28O/c1-12(2)14-7-15(13(3)4)9-16(8-14)18(5)10-17(18)11-19-6/h7-9,12-13,17H,10-11H2,1-6H3/t17?,18-/m1/s1. The lowest BCUT2D eigenvalue weighted by molar-refractivity contribution is 0.179. The van der Waals surface area contributed by atoms with Gasteiger partial charge in [0.2, 0.25) is 0 Å². The van der Waals surface area contributed by atoms with Crippen molar-refractivity contribution >= 4 is 0 Å². The van der Waals surface area contributed by atoms with Crippen LogP contribution in [0, 0.1) is 5.92 Å². The smallest absolute Gasteiger partial charge is 0.0499 e. The molecule has 1 unspecified atom stereocenters. The number of hydrogen-bond donors (Lipinski definition) is 0. The first-order valence-electron chi connectivity index (χ1n) is 7.52. The van der Waals surface area contributed by atoms with Crippen LogP contribution >= 0.6 is 0 Å². The number of rotatable bonds is 5. The molecule has 2 rings (SSSR count). The average molecular weight is 260 g/mol. The van der Waals surface area contributed by atoms with Gasteiger partial charge in [-0.2, -0.15) is 0 Å². The predicted molar refractivity (Wildman–Crippen MR) is 82.0 cm³/mol. The summed E-state index contributed by atoms with van der Waals surface area (Å²) in [7, 11) is 1.81. The van der Waals surface area contributed by atoms with Crippen molar-refractivity contribution in [3.63, 3.8) is 0 Å². The molecule has 1 nitrogen and oxygen atoms in total. The van der Waals surface area contributed by atoms with Crippen molar-refractivity contribution in [1.29, 1.82) is 0 Å². The predicted octanol–water partition coefficient (Wildman–Crippen LogP) is 4.86. The molecule has 0 radical (unpaired) electrons. The van der Waals surface area contributed by atoms with Gasteiger partial charge in [0.15, 0.2) is 0 Å². The van der Waals surface area contributed by atoms with E-state index in [1.807, 2.05) is 7.11 Å². The minimum atomic E-state index is 0.338. The maximum absolute atomic E-state index is 5.34. The van der Waals surface area contributed by atoms with E-state index in [9.17, 15) is 0 Å². The highest BCUT2D eigenvalue weighted by Crippen LogP contribution is 2.54. The Labute approximate surface area is 118 Å². The van der Waals surface area contributed by atoms with Crippen molar-refractivity contribution in [3.05, 3.63) is 34.9 Å². The van der Waals surface area contributed by atoms with Gasteiger partial charge in [-0.15, -0.1) is 0 Å². The van der Waals surface area contributed by atoms with Crippen LogP contribution in [0.15, 0.2) is 18.2 Å². The van der Waals surface area contributed by atoms with Gasteiger partial charge in [0.1, 0.15) is 0 Å². The van der Waals surface area contributed by atoms with E-state index in [2.05, 4.69) is 52.8 Å². The van der Waals surface area contributed by atoms with Crippen molar-refractivity contribution in [1.82, 2.24) is 0 Å². The monoisotopic (exact) mass is 260 g/mol. The zero-order valence-electron chi connectivity index (χ0n) is 13.3. The lowest BCUT2D eigenvalue weighted by Crippen LogP contribution is -2.10. The van der Waals surface area contributed by atoms with E-state index >= 15 is 0 Å². The molecular formula is C18H28O.